The predicted molar refractivity (Wildman–Crippen MR) is 215 cm³/mol. The molecule has 0 amide bonds. The van der Waals surface area contributed by atoms with Crippen LogP contribution in [-0.2, 0) is 0 Å². The maximum Gasteiger partial charge on any atom is 0.137 e. The number of nitrogens with zero attached hydrogens (tertiary/aromatic N) is 1. The third kappa shape index (κ3) is 6.47. The molecule has 240 valence electrons. The van der Waals surface area contributed by atoms with E-state index >= 15 is 0 Å². The Hall–Kier alpha value is -6.32. The molecule has 0 saturated heterocycles. The van der Waals surface area contributed by atoms with Crippen LogP contribution in [0.4, 0.5) is 5.82 Å². The molecule has 8 rings (SSSR count). The van der Waals surface area contributed by atoms with E-state index in [1.54, 1.807) is 24.3 Å². The summed E-state index contributed by atoms with van der Waals surface area (Å²) in [6, 6.07) is 34.4. The summed E-state index contributed by atoms with van der Waals surface area (Å²) >= 11 is 0. The molecule has 3 heteroatoms. The van der Waals surface area contributed by atoms with Crippen molar-refractivity contribution >= 4 is 60.9 Å². The highest BCUT2D eigenvalue weighted by atomic mass is 16.3. The number of benzene rings is 4. The van der Waals surface area contributed by atoms with Crippen molar-refractivity contribution in [2.45, 2.75) is 13.3 Å². The molecule has 1 aliphatic carbocycles. The van der Waals surface area contributed by atoms with Crippen LogP contribution in [0, 0.1) is 6.92 Å². The summed E-state index contributed by atoms with van der Waals surface area (Å²) in [6.07, 6.45) is 18.1. The summed E-state index contributed by atoms with van der Waals surface area (Å²) in [6.45, 7) is 15.6. The molecule has 0 atom stereocenters. The van der Waals surface area contributed by atoms with E-state index < -0.39 is 0 Å². The van der Waals surface area contributed by atoms with Gasteiger partial charge in [-0.25, -0.2) is 0 Å². The van der Waals surface area contributed by atoms with Crippen molar-refractivity contribution in [3.05, 3.63) is 189 Å². The monoisotopic (exact) mass is 636 g/mol. The van der Waals surface area contributed by atoms with E-state index in [-0.39, 0.29) is 0 Å². The van der Waals surface area contributed by atoms with Crippen LogP contribution in [0.3, 0.4) is 0 Å². The molecule has 3 nitrogen and oxygen atoms in total. The average molecular weight is 637 g/mol. The molecular formula is C46H40N2O. The molecule has 0 saturated carbocycles. The quantitative estimate of drug-likeness (QED) is 0.195. The number of rotatable bonds is 4. The van der Waals surface area contributed by atoms with Gasteiger partial charge < -0.3 is 10.2 Å². The molecule has 2 N–H and O–H groups in total. The van der Waals surface area contributed by atoms with E-state index in [4.69, 9.17) is 10.2 Å². The largest absolute Gasteiger partial charge is 0.456 e. The Kier molecular flexibility index (Phi) is 9.73. The van der Waals surface area contributed by atoms with Crippen LogP contribution in [0.5, 0.6) is 0 Å². The van der Waals surface area contributed by atoms with Gasteiger partial charge in [0.05, 0.1) is 5.52 Å². The fourth-order valence-electron chi connectivity index (χ4n) is 6.36. The number of aryl methyl sites for hydroxylation is 1. The van der Waals surface area contributed by atoms with Gasteiger partial charge in [0.15, 0.2) is 0 Å². The van der Waals surface area contributed by atoms with Gasteiger partial charge >= 0.3 is 0 Å². The number of nitrogens with two attached hydrogens (primary N) is 1. The fourth-order valence-corrected chi connectivity index (χ4v) is 6.36. The molecule has 0 radical (unpaired) electrons. The molecule has 49 heavy (non-hydrogen) atoms. The van der Waals surface area contributed by atoms with Gasteiger partial charge in [-0.1, -0.05) is 148 Å². The van der Waals surface area contributed by atoms with Crippen LogP contribution in [0.1, 0.15) is 17.7 Å². The van der Waals surface area contributed by atoms with Crippen LogP contribution in [-0.4, -0.2) is 4.40 Å². The van der Waals surface area contributed by atoms with Crippen molar-refractivity contribution in [3.8, 4) is 11.1 Å². The van der Waals surface area contributed by atoms with E-state index in [2.05, 4.69) is 165 Å². The number of aromatic nitrogens is 1. The molecule has 0 unspecified atom stereocenters. The van der Waals surface area contributed by atoms with E-state index in [0.717, 1.165) is 56.1 Å². The summed E-state index contributed by atoms with van der Waals surface area (Å²) in [4.78, 5) is 0. The zero-order valence-corrected chi connectivity index (χ0v) is 27.9. The molecule has 2 bridgehead atoms. The molecular weight excluding hydrogens is 597 g/mol. The number of anilines is 1. The number of nitrogen functional groups attached to an aromatic ring is 1. The highest BCUT2D eigenvalue weighted by molar-refractivity contribution is 6.14. The highest BCUT2D eigenvalue weighted by Gasteiger charge is 2.16. The van der Waals surface area contributed by atoms with Gasteiger partial charge in [0.2, 0.25) is 0 Å². The second kappa shape index (κ2) is 14.6. The highest BCUT2D eigenvalue weighted by Crippen LogP contribution is 2.39. The summed E-state index contributed by atoms with van der Waals surface area (Å²) in [5.41, 5.74) is 15.4. The first-order valence-electron chi connectivity index (χ1n) is 16.3. The van der Waals surface area contributed by atoms with E-state index in [9.17, 15) is 0 Å². The maximum absolute atomic E-state index is 6.95. The molecule has 3 heterocycles. The molecule has 4 aromatic carbocycles. The van der Waals surface area contributed by atoms with Gasteiger partial charge in [-0.2, -0.15) is 0 Å². The minimum absolute atomic E-state index is 0.711. The third-order valence-corrected chi connectivity index (χ3v) is 8.72. The van der Waals surface area contributed by atoms with E-state index in [0.29, 0.717) is 5.82 Å². The van der Waals surface area contributed by atoms with Crippen molar-refractivity contribution in [2.24, 2.45) is 0 Å². The Labute approximate surface area is 288 Å². The lowest BCUT2D eigenvalue weighted by atomic mass is 9.97. The Morgan fingerprint density at radius 3 is 2.10 bits per heavy atom. The number of hydrogen-bond acceptors (Lipinski definition) is 2. The van der Waals surface area contributed by atoms with Gasteiger partial charge in [-0.05, 0) is 65.1 Å². The normalized spacial score (nSPS) is 12.8. The van der Waals surface area contributed by atoms with Crippen LogP contribution >= 0.6 is 0 Å². The first-order valence-corrected chi connectivity index (χ1v) is 16.3. The van der Waals surface area contributed by atoms with Crippen molar-refractivity contribution in [1.29, 1.82) is 0 Å². The topological polar surface area (TPSA) is 43.6 Å². The first-order chi connectivity index (χ1) is 24.0. The van der Waals surface area contributed by atoms with Crippen LogP contribution in [0.2, 0.25) is 0 Å². The standard InChI is InChI=1S/C38H28N2O.2C4H6/c1-24-29-15-7-6-13-28(20-25-10-3-2-4-11-25)38(39)40(24)35-23-37-34(22-33(29)35)32-19-18-27(21-36(32)41-37)31-17-9-14-26-12-5-8-16-30(26)31;2*1-3-4-2/h2-10,12-23H,11,39H2,1H3;2*3-4H,1-2H2/b13-6?,15-7?,25-20-,38-28?;;. The van der Waals surface area contributed by atoms with Crippen molar-refractivity contribution in [1.82, 2.24) is 4.40 Å². The van der Waals surface area contributed by atoms with E-state index in [1.165, 1.54) is 27.3 Å². The SMILES string of the molecule is C=CC=C.C=CC=C.Cc1c2ccccc(/C=C3/C=CC=CC3)c(N)n1c1cc3oc4cc(-c5cccc6ccccc56)ccc4c3cc21. The predicted octanol–water partition coefficient (Wildman–Crippen LogP) is 12.9. The fraction of sp³-hybridized carbons (Fsp3) is 0.0435. The second-order valence-electron chi connectivity index (χ2n) is 11.8. The van der Waals surface area contributed by atoms with Crippen LogP contribution in [0.15, 0.2) is 182 Å². The molecule has 1 aliphatic rings. The lowest BCUT2D eigenvalue weighted by Crippen LogP contribution is -1.99. The summed E-state index contributed by atoms with van der Waals surface area (Å²) < 4.78 is 8.72. The number of fused-ring (bicyclic) bond motifs is 9. The zero-order valence-electron chi connectivity index (χ0n) is 27.9. The van der Waals surface area contributed by atoms with Crippen LogP contribution < -0.4 is 5.73 Å². The van der Waals surface area contributed by atoms with Crippen molar-refractivity contribution < 1.29 is 4.42 Å². The maximum atomic E-state index is 6.95. The van der Waals surface area contributed by atoms with Gasteiger partial charge in [0.25, 0.3) is 0 Å². The van der Waals surface area contributed by atoms with Crippen LogP contribution in [0.25, 0.3) is 66.2 Å². The zero-order chi connectivity index (χ0) is 34.3. The Bertz CT molecular complexity index is 2480. The Morgan fingerprint density at radius 1 is 0.673 bits per heavy atom. The number of allylic oxidation sites excluding steroid dienone is 9. The molecule has 3 aromatic heterocycles. The third-order valence-electron chi connectivity index (χ3n) is 8.72. The van der Waals surface area contributed by atoms with Gasteiger partial charge in [-0.15, -0.1) is 0 Å². The summed E-state index contributed by atoms with van der Waals surface area (Å²) in [5, 5.41) is 7.04. The van der Waals surface area contributed by atoms with Crippen molar-refractivity contribution in [2.75, 3.05) is 5.73 Å². The molecule has 0 spiro atoms. The summed E-state index contributed by atoms with van der Waals surface area (Å²) in [5.74, 6) is 0.711. The van der Waals surface area contributed by atoms with Gasteiger partial charge in [0.1, 0.15) is 17.0 Å². The van der Waals surface area contributed by atoms with Gasteiger partial charge in [0, 0.05) is 38.9 Å². The lowest BCUT2D eigenvalue weighted by molar-refractivity contribution is 0.669. The number of furan rings is 1. The Balaban J connectivity index is 0.000000473. The second-order valence-corrected chi connectivity index (χ2v) is 11.8. The van der Waals surface area contributed by atoms with Crippen molar-refractivity contribution in [3.63, 3.8) is 0 Å². The van der Waals surface area contributed by atoms with Gasteiger partial charge in [-0.3, -0.25) is 4.40 Å². The minimum atomic E-state index is 0.711. The molecule has 0 fully saturated rings. The molecule has 7 aromatic rings. The average Bonchev–Trinajstić information content (AvgIpc) is 3.65. The minimum Gasteiger partial charge on any atom is -0.456 e. The molecule has 0 aliphatic heterocycles. The lowest BCUT2D eigenvalue weighted by Gasteiger charge is -2.07. The van der Waals surface area contributed by atoms with E-state index in [1.807, 2.05) is 0 Å². The first kappa shape index (κ1) is 32.6. The number of hydrogen-bond donors (Lipinski definition) is 1. The summed E-state index contributed by atoms with van der Waals surface area (Å²) in [7, 11) is 0. The smallest absolute Gasteiger partial charge is 0.137 e. The Morgan fingerprint density at radius 2 is 1.37 bits per heavy atom.